The molecule has 1 aromatic heterocycles. The molecule has 0 saturated heterocycles. The minimum atomic E-state index is -4.64. The van der Waals surface area contributed by atoms with E-state index in [1.165, 1.54) is 6.92 Å². The van der Waals surface area contributed by atoms with Crippen molar-refractivity contribution in [3.8, 4) is 0 Å². The van der Waals surface area contributed by atoms with Gasteiger partial charge in [0.15, 0.2) is 0 Å². The number of aliphatic hydroxyl groups is 2. The highest BCUT2D eigenvalue weighted by atomic mass is 19.4. The molecule has 0 radical (unpaired) electrons. The van der Waals surface area contributed by atoms with Gasteiger partial charge in [-0.1, -0.05) is 0 Å². The van der Waals surface area contributed by atoms with E-state index in [2.05, 4.69) is 10.3 Å². The number of carbonyl (C=O) groups excluding carboxylic acids is 1. The molecular formula is C12H15F3N2O3. The topological polar surface area (TPSA) is 82.5 Å². The molecule has 0 aliphatic heterocycles. The molecule has 1 amide bonds. The van der Waals surface area contributed by atoms with Crippen LogP contribution in [0.1, 0.15) is 30.6 Å². The number of halogens is 3. The number of pyridine rings is 1. The number of hydrogen-bond donors (Lipinski definition) is 3. The van der Waals surface area contributed by atoms with Crippen molar-refractivity contribution >= 4 is 5.91 Å². The number of aliphatic hydroxyl groups excluding tert-OH is 2. The van der Waals surface area contributed by atoms with Crippen LogP contribution in [0.4, 0.5) is 13.2 Å². The average Bonchev–Trinajstić information content (AvgIpc) is 2.36. The van der Waals surface area contributed by atoms with Crippen molar-refractivity contribution in [1.29, 1.82) is 0 Å². The van der Waals surface area contributed by atoms with Gasteiger partial charge >= 0.3 is 6.18 Å². The molecule has 5 nitrogen and oxygen atoms in total. The molecule has 1 heterocycles. The van der Waals surface area contributed by atoms with Crippen molar-refractivity contribution in [3.05, 3.63) is 29.6 Å². The van der Waals surface area contributed by atoms with Gasteiger partial charge in [0.1, 0.15) is 6.10 Å². The Morgan fingerprint density at radius 1 is 1.45 bits per heavy atom. The summed E-state index contributed by atoms with van der Waals surface area (Å²) in [6, 6.07) is 0.735. The van der Waals surface area contributed by atoms with Crippen molar-refractivity contribution in [1.82, 2.24) is 10.3 Å². The van der Waals surface area contributed by atoms with Gasteiger partial charge in [0.2, 0.25) is 5.91 Å². The minimum Gasteiger partial charge on any atom is -0.390 e. The zero-order valence-corrected chi connectivity index (χ0v) is 10.7. The Labute approximate surface area is 113 Å². The summed E-state index contributed by atoms with van der Waals surface area (Å²) in [6.45, 7) is 1.32. The molecule has 2 atom stereocenters. The van der Waals surface area contributed by atoms with Crippen LogP contribution in [-0.4, -0.2) is 33.8 Å². The smallest absolute Gasteiger partial charge is 0.390 e. The van der Waals surface area contributed by atoms with Gasteiger partial charge in [0.25, 0.3) is 0 Å². The Morgan fingerprint density at radius 2 is 2.10 bits per heavy atom. The van der Waals surface area contributed by atoms with E-state index >= 15 is 0 Å². The molecule has 0 fully saturated rings. The quantitative estimate of drug-likeness (QED) is 0.757. The summed E-state index contributed by atoms with van der Waals surface area (Å²) >= 11 is 0. The Balaban J connectivity index is 2.81. The first-order chi connectivity index (χ1) is 9.23. The molecule has 1 rings (SSSR count). The van der Waals surface area contributed by atoms with Crippen molar-refractivity contribution in [2.24, 2.45) is 0 Å². The van der Waals surface area contributed by atoms with Gasteiger partial charge in [-0.25, -0.2) is 0 Å². The number of amides is 1. The maximum Gasteiger partial charge on any atom is 0.416 e. The van der Waals surface area contributed by atoms with Crippen LogP contribution < -0.4 is 5.32 Å². The molecule has 0 aliphatic carbocycles. The lowest BCUT2D eigenvalue weighted by molar-refractivity contribution is -0.140. The Bertz CT molecular complexity index is 466. The van der Waals surface area contributed by atoms with Gasteiger partial charge in [-0.05, 0) is 12.5 Å². The zero-order chi connectivity index (χ0) is 15.3. The molecular weight excluding hydrogens is 277 g/mol. The van der Waals surface area contributed by atoms with Gasteiger partial charge in [0, 0.05) is 31.4 Å². The second-order valence-electron chi connectivity index (χ2n) is 4.24. The molecule has 0 aliphatic rings. The van der Waals surface area contributed by atoms with E-state index in [4.69, 9.17) is 0 Å². The predicted molar refractivity (Wildman–Crippen MR) is 63.5 cm³/mol. The fraction of sp³-hybridized carbons (Fsp3) is 0.500. The Kier molecular flexibility index (Phi) is 5.46. The number of nitrogens with one attached hydrogen (secondary N) is 1. The third-order valence-corrected chi connectivity index (χ3v) is 2.65. The van der Waals surface area contributed by atoms with Crippen molar-refractivity contribution in [3.63, 3.8) is 0 Å². The molecule has 0 bridgehead atoms. The van der Waals surface area contributed by atoms with E-state index < -0.39 is 29.5 Å². The second-order valence-corrected chi connectivity index (χ2v) is 4.24. The highest BCUT2D eigenvalue weighted by Crippen LogP contribution is 2.35. The molecule has 0 spiro atoms. The number of carbonyl (C=O) groups is 1. The van der Waals surface area contributed by atoms with Crippen molar-refractivity contribution in [2.45, 2.75) is 31.7 Å². The van der Waals surface area contributed by atoms with Gasteiger partial charge in [-0.15, -0.1) is 0 Å². The van der Waals surface area contributed by atoms with Crippen LogP contribution in [0.5, 0.6) is 0 Å². The van der Waals surface area contributed by atoms with Crippen LogP contribution >= 0.6 is 0 Å². The lowest BCUT2D eigenvalue weighted by Crippen LogP contribution is -2.28. The molecule has 0 saturated carbocycles. The number of hydrogen-bond acceptors (Lipinski definition) is 4. The maximum atomic E-state index is 12.8. The molecule has 8 heteroatoms. The summed E-state index contributed by atoms with van der Waals surface area (Å²) < 4.78 is 38.3. The van der Waals surface area contributed by atoms with Crippen LogP contribution in [0.3, 0.4) is 0 Å². The standard InChI is InChI=1S/C12H15F3N2O3/c1-7(18)17-5-3-10(19)11(20)8-6-16-4-2-9(8)12(13,14)15/h2,4,6,10-11,19-20H,3,5H2,1H3,(H,17,18). The molecule has 20 heavy (non-hydrogen) atoms. The Hall–Kier alpha value is -1.67. The summed E-state index contributed by atoms with van der Waals surface area (Å²) in [6.07, 6.45) is -6.05. The number of nitrogens with zero attached hydrogens (tertiary/aromatic N) is 1. The predicted octanol–water partition coefficient (Wildman–Crippen LogP) is 1.02. The summed E-state index contributed by atoms with van der Waals surface area (Å²) in [5, 5.41) is 21.9. The lowest BCUT2D eigenvalue weighted by atomic mass is 9.99. The van der Waals surface area contributed by atoms with Crippen LogP contribution in [0, 0.1) is 0 Å². The third kappa shape index (κ3) is 4.46. The van der Waals surface area contributed by atoms with Crippen molar-refractivity contribution in [2.75, 3.05) is 6.54 Å². The highest BCUT2D eigenvalue weighted by Gasteiger charge is 2.36. The lowest BCUT2D eigenvalue weighted by Gasteiger charge is -2.21. The average molecular weight is 292 g/mol. The van der Waals surface area contributed by atoms with Crippen molar-refractivity contribution < 1.29 is 28.2 Å². The highest BCUT2D eigenvalue weighted by molar-refractivity contribution is 5.72. The van der Waals surface area contributed by atoms with E-state index in [1.807, 2.05) is 0 Å². The fourth-order valence-electron chi connectivity index (χ4n) is 1.66. The number of aromatic nitrogens is 1. The first kappa shape index (κ1) is 16.4. The molecule has 3 N–H and O–H groups in total. The van der Waals surface area contributed by atoms with Crippen LogP contribution in [-0.2, 0) is 11.0 Å². The summed E-state index contributed by atoms with van der Waals surface area (Å²) in [5.41, 5.74) is -1.53. The monoisotopic (exact) mass is 292 g/mol. The molecule has 1 aromatic rings. The molecule has 2 unspecified atom stereocenters. The van der Waals surface area contributed by atoms with E-state index in [0.717, 1.165) is 18.5 Å². The normalized spacial score (nSPS) is 14.7. The first-order valence-corrected chi connectivity index (χ1v) is 5.85. The number of alkyl halides is 3. The van der Waals surface area contributed by atoms with E-state index in [9.17, 15) is 28.2 Å². The van der Waals surface area contributed by atoms with Gasteiger partial charge in [-0.3, -0.25) is 9.78 Å². The molecule has 112 valence electrons. The second kappa shape index (κ2) is 6.67. The summed E-state index contributed by atoms with van der Waals surface area (Å²) in [7, 11) is 0. The summed E-state index contributed by atoms with van der Waals surface area (Å²) in [4.78, 5) is 14.2. The van der Waals surface area contributed by atoms with E-state index in [0.29, 0.717) is 0 Å². The fourth-order valence-corrected chi connectivity index (χ4v) is 1.66. The zero-order valence-electron chi connectivity index (χ0n) is 10.7. The van der Waals surface area contributed by atoms with Crippen LogP contribution in [0.25, 0.3) is 0 Å². The largest absolute Gasteiger partial charge is 0.416 e. The summed E-state index contributed by atoms with van der Waals surface area (Å²) in [5.74, 6) is -0.330. The Morgan fingerprint density at radius 3 is 2.65 bits per heavy atom. The first-order valence-electron chi connectivity index (χ1n) is 5.85. The third-order valence-electron chi connectivity index (χ3n) is 2.65. The van der Waals surface area contributed by atoms with Gasteiger partial charge < -0.3 is 15.5 Å². The van der Waals surface area contributed by atoms with Gasteiger partial charge in [-0.2, -0.15) is 13.2 Å². The minimum absolute atomic E-state index is 0.0508. The number of rotatable bonds is 5. The van der Waals surface area contributed by atoms with E-state index in [1.54, 1.807) is 0 Å². The maximum absolute atomic E-state index is 12.8. The van der Waals surface area contributed by atoms with E-state index in [-0.39, 0.29) is 18.9 Å². The molecule has 0 aromatic carbocycles. The van der Waals surface area contributed by atoms with Crippen LogP contribution in [0.15, 0.2) is 18.5 Å². The SMILES string of the molecule is CC(=O)NCCC(O)C(O)c1cnccc1C(F)(F)F. The van der Waals surface area contributed by atoms with Crippen LogP contribution in [0.2, 0.25) is 0 Å². The van der Waals surface area contributed by atoms with Gasteiger partial charge in [0.05, 0.1) is 11.7 Å².